The third kappa shape index (κ3) is 4.38. The van der Waals surface area contributed by atoms with Crippen molar-refractivity contribution < 1.29 is 17.9 Å². The molecule has 8 heteroatoms. The molecule has 1 atom stereocenters. The summed E-state index contributed by atoms with van der Waals surface area (Å²) in [5.41, 5.74) is 0.882. The van der Waals surface area contributed by atoms with Gasteiger partial charge in [-0.25, -0.2) is 18.1 Å². The number of methoxy groups -OCH3 is 2. The van der Waals surface area contributed by atoms with E-state index in [0.29, 0.717) is 31.7 Å². The monoisotopic (exact) mass is 365 g/mol. The van der Waals surface area contributed by atoms with Crippen LogP contribution in [0, 0.1) is 5.92 Å². The van der Waals surface area contributed by atoms with Gasteiger partial charge in [0.25, 0.3) is 0 Å². The van der Waals surface area contributed by atoms with Gasteiger partial charge in [-0.3, -0.25) is 0 Å². The second kappa shape index (κ2) is 7.53. The molecular formula is C17H23N3O4S. The summed E-state index contributed by atoms with van der Waals surface area (Å²) in [4.78, 5) is 4.62. The van der Waals surface area contributed by atoms with Crippen molar-refractivity contribution in [2.75, 3.05) is 32.3 Å². The van der Waals surface area contributed by atoms with Gasteiger partial charge < -0.3 is 9.47 Å². The number of rotatable bonds is 7. The van der Waals surface area contributed by atoms with Crippen molar-refractivity contribution in [3.63, 3.8) is 0 Å². The highest BCUT2D eigenvalue weighted by atomic mass is 32.2. The molecule has 0 spiro atoms. The molecule has 25 heavy (non-hydrogen) atoms. The fourth-order valence-electron chi connectivity index (χ4n) is 3.04. The van der Waals surface area contributed by atoms with E-state index in [1.54, 1.807) is 18.9 Å². The minimum absolute atomic E-state index is 0.0986. The van der Waals surface area contributed by atoms with Crippen LogP contribution in [0.1, 0.15) is 18.1 Å². The van der Waals surface area contributed by atoms with Gasteiger partial charge in [-0.2, -0.15) is 5.10 Å². The lowest BCUT2D eigenvalue weighted by molar-refractivity contribution is 0.200. The maximum absolute atomic E-state index is 11.7. The summed E-state index contributed by atoms with van der Waals surface area (Å²) in [7, 11) is 0.365. The van der Waals surface area contributed by atoms with Crippen LogP contribution in [0.5, 0.6) is 5.75 Å². The molecule has 2 heterocycles. The minimum atomic E-state index is -2.90. The van der Waals surface area contributed by atoms with Crippen molar-refractivity contribution in [3.8, 4) is 11.4 Å². The van der Waals surface area contributed by atoms with Crippen molar-refractivity contribution >= 4 is 9.84 Å². The van der Waals surface area contributed by atoms with Crippen LogP contribution in [0.2, 0.25) is 0 Å². The molecule has 1 fully saturated rings. The smallest absolute Gasteiger partial charge is 0.153 e. The van der Waals surface area contributed by atoms with Crippen LogP contribution in [0.25, 0.3) is 5.69 Å². The minimum Gasteiger partial charge on any atom is -0.497 e. The molecule has 0 unspecified atom stereocenters. The Hall–Kier alpha value is -1.93. The summed E-state index contributed by atoms with van der Waals surface area (Å²) in [6.07, 6.45) is 1.91. The highest BCUT2D eigenvalue weighted by Gasteiger charge is 2.29. The first-order chi connectivity index (χ1) is 12.0. The second-order valence-corrected chi connectivity index (χ2v) is 8.50. The van der Waals surface area contributed by atoms with E-state index in [1.807, 2.05) is 24.3 Å². The third-order valence-electron chi connectivity index (χ3n) is 4.36. The van der Waals surface area contributed by atoms with E-state index in [0.717, 1.165) is 17.3 Å². The summed E-state index contributed by atoms with van der Waals surface area (Å²) < 4.78 is 35.6. The molecule has 0 radical (unpaired) electrons. The van der Waals surface area contributed by atoms with Crippen molar-refractivity contribution in [2.45, 2.75) is 19.3 Å². The normalized spacial score (nSPS) is 19.2. The van der Waals surface area contributed by atoms with Gasteiger partial charge in [0.2, 0.25) is 0 Å². The number of aromatic nitrogens is 3. The van der Waals surface area contributed by atoms with E-state index in [2.05, 4.69) is 10.1 Å². The van der Waals surface area contributed by atoms with E-state index in [-0.39, 0.29) is 17.4 Å². The molecule has 136 valence electrons. The third-order valence-corrected chi connectivity index (χ3v) is 6.20. The maximum Gasteiger partial charge on any atom is 0.153 e. The molecule has 7 nitrogen and oxygen atoms in total. The van der Waals surface area contributed by atoms with Gasteiger partial charge in [0.05, 0.1) is 30.9 Å². The lowest BCUT2D eigenvalue weighted by Crippen LogP contribution is -2.12. The van der Waals surface area contributed by atoms with Crippen LogP contribution in [0.3, 0.4) is 0 Å². The average Bonchev–Trinajstić information content (AvgIpc) is 3.16. The highest BCUT2D eigenvalue weighted by molar-refractivity contribution is 7.91. The summed E-state index contributed by atoms with van der Waals surface area (Å²) in [6.45, 7) is 0.546. The molecule has 1 aromatic carbocycles. The molecule has 3 rings (SSSR count). The largest absolute Gasteiger partial charge is 0.497 e. The van der Waals surface area contributed by atoms with Crippen LogP contribution >= 0.6 is 0 Å². The van der Waals surface area contributed by atoms with Gasteiger partial charge in [-0.15, -0.1) is 0 Å². The number of hydrogen-bond acceptors (Lipinski definition) is 6. The fraction of sp³-hybridized carbons (Fsp3) is 0.529. The van der Waals surface area contributed by atoms with Crippen LogP contribution in [0.15, 0.2) is 24.3 Å². The quantitative estimate of drug-likeness (QED) is 0.738. The number of ether oxygens (including phenoxy) is 2. The molecule has 0 aliphatic carbocycles. The zero-order valence-corrected chi connectivity index (χ0v) is 15.3. The first-order valence-electron chi connectivity index (χ1n) is 8.29. The topological polar surface area (TPSA) is 83.3 Å². The predicted molar refractivity (Wildman–Crippen MR) is 94.0 cm³/mol. The van der Waals surface area contributed by atoms with Crippen LogP contribution in [-0.4, -0.2) is 55.5 Å². The Morgan fingerprint density at radius 1 is 1.24 bits per heavy atom. The summed E-state index contributed by atoms with van der Waals surface area (Å²) in [6, 6.07) is 7.58. The zero-order valence-electron chi connectivity index (χ0n) is 14.5. The number of hydrogen-bond donors (Lipinski definition) is 0. The van der Waals surface area contributed by atoms with E-state index < -0.39 is 9.84 Å². The van der Waals surface area contributed by atoms with Gasteiger partial charge in [0.1, 0.15) is 11.6 Å². The van der Waals surface area contributed by atoms with Crippen molar-refractivity contribution in [3.05, 3.63) is 35.9 Å². The standard InChI is InChI=1S/C17H23N3O4S/c1-23-9-7-16-18-17(11-13-8-10-25(21,22)12-13)20(19-16)14-3-5-15(24-2)6-4-14/h3-6,13H,7-12H2,1-2H3/t13-/m1/s1. The molecule has 1 saturated heterocycles. The van der Waals surface area contributed by atoms with Gasteiger partial charge in [0.15, 0.2) is 15.7 Å². The van der Waals surface area contributed by atoms with Gasteiger partial charge in [0, 0.05) is 20.0 Å². The predicted octanol–water partition coefficient (Wildman–Crippen LogP) is 1.44. The molecule has 2 aromatic rings. The van der Waals surface area contributed by atoms with E-state index in [1.165, 1.54) is 0 Å². The molecule has 0 N–H and O–H groups in total. The van der Waals surface area contributed by atoms with Crippen LogP contribution < -0.4 is 4.74 Å². The first kappa shape index (κ1) is 17.9. The molecule has 0 bridgehead atoms. The van der Waals surface area contributed by atoms with Crippen molar-refractivity contribution in [2.24, 2.45) is 5.92 Å². The lowest BCUT2D eigenvalue weighted by atomic mass is 10.1. The van der Waals surface area contributed by atoms with E-state index >= 15 is 0 Å². The Balaban J connectivity index is 1.87. The number of nitrogens with zero attached hydrogens (tertiary/aromatic N) is 3. The van der Waals surface area contributed by atoms with Crippen molar-refractivity contribution in [1.29, 1.82) is 0 Å². The maximum atomic E-state index is 11.7. The summed E-state index contributed by atoms with van der Waals surface area (Å²) >= 11 is 0. The average molecular weight is 365 g/mol. The molecular weight excluding hydrogens is 342 g/mol. The summed E-state index contributed by atoms with van der Waals surface area (Å²) in [5.74, 6) is 2.86. The Kier molecular flexibility index (Phi) is 5.39. The Morgan fingerprint density at radius 2 is 2.00 bits per heavy atom. The zero-order chi connectivity index (χ0) is 17.9. The van der Waals surface area contributed by atoms with Crippen molar-refractivity contribution in [1.82, 2.24) is 14.8 Å². The van der Waals surface area contributed by atoms with E-state index in [4.69, 9.17) is 9.47 Å². The van der Waals surface area contributed by atoms with Crippen LogP contribution in [0.4, 0.5) is 0 Å². The Labute approximate surface area is 147 Å². The molecule has 0 saturated carbocycles. The lowest BCUT2D eigenvalue weighted by Gasteiger charge is -2.09. The molecule has 0 amide bonds. The SMILES string of the molecule is COCCc1nc(C[C@H]2CCS(=O)(=O)C2)n(-c2ccc(OC)cc2)n1. The van der Waals surface area contributed by atoms with Gasteiger partial charge in [-0.1, -0.05) is 0 Å². The highest BCUT2D eigenvalue weighted by Crippen LogP contribution is 2.24. The van der Waals surface area contributed by atoms with E-state index in [9.17, 15) is 8.42 Å². The molecule has 1 aromatic heterocycles. The Morgan fingerprint density at radius 3 is 2.60 bits per heavy atom. The number of sulfone groups is 1. The fourth-order valence-corrected chi connectivity index (χ4v) is 4.91. The van der Waals surface area contributed by atoms with Crippen LogP contribution in [-0.2, 0) is 27.4 Å². The molecule has 1 aliphatic rings. The Bertz CT molecular complexity index is 815. The summed E-state index contributed by atoms with van der Waals surface area (Å²) in [5, 5.41) is 4.59. The molecule has 1 aliphatic heterocycles. The second-order valence-electron chi connectivity index (χ2n) is 6.27. The number of benzene rings is 1. The van der Waals surface area contributed by atoms with Gasteiger partial charge >= 0.3 is 0 Å². The first-order valence-corrected chi connectivity index (χ1v) is 10.1. The van der Waals surface area contributed by atoms with Gasteiger partial charge in [-0.05, 0) is 36.6 Å².